The van der Waals surface area contributed by atoms with Gasteiger partial charge in [-0.1, -0.05) is 0 Å². The Bertz CT molecular complexity index is 289. The van der Waals surface area contributed by atoms with E-state index in [1.54, 1.807) is 0 Å². The van der Waals surface area contributed by atoms with Gasteiger partial charge in [0, 0.05) is 13.7 Å². The topological polar surface area (TPSA) is 69.4 Å². The quantitative estimate of drug-likeness (QED) is 0.687. The Balaban J connectivity index is 4.64. The largest absolute Gasteiger partial charge is 0.405 e. The summed E-state index contributed by atoms with van der Waals surface area (Å²) in [5.41, 5.74) is 4.99. The van der Waals surface area contributed by atoms with Gasteiger partial charge in [0.25, 0.3) is 0 Å². The molecule has 0 aromatic carbocycles. The van der Waals surface area contributed by atoms with E-state index in [0.29, 0.717) is 0 Å². The van der Waals surface area contributed by atoms with Crippen molar-refractivity contribution in [2.75, 3.05) is 26.0 Å². The van der Waals surface area contributed by atoms with Crippen molar-refractivity contribution in [2.24, 2.45) is 5.73 Å². The second kappa shape index (κ2) is 6.41. The van der Waals surface area contributed by atoms with Gasteiger partial charge in [-0.15, -0.1) is 0 Å². The van der Waals surface area contributed by atoms with E-state index < -0.39 is 33.4 Å². The minimum absolute atomic E-state index is 0.0516. The summed E-state index contributed by atoms with van der Waals surface area (Å²) in [5, 5.41) is -2.36. The lowest BCUT2D eigenvalue weighted by Gasteiger charge is -2.19. The van der Waals surface area contributed by atoms with Crippen LogP contribution < -0.4 is 5.73 Å². The van der Waals surface area contributed by atoms with E-state index in [0.717, 1.165) is 0 Å². The molecule has 0 bridgehead atoms. The number of alkyl halides is 3. The van der Waals surface area contributed by atoms with Crippen molar-refractivity contribution in [1.82, 2.24) is 0 Å². The molecule has 0 heterocycles. The van der Waals surface area contributed by atoms with E-state index in [1.165, 1.54) is 7.11 Å². The van der Waals surface area contributed by atoms with Gasteiger partial charge in [0.05, 0.1) is 5.75 Å². The fourth-order valence-corrected chi connectivity index (χ4v) is 2.95. The highest BCUT2D eigenvalue weighted by atomic mass is 32.2. The van der Waals surface area contributed by atoms with Crippen LogP contribution in [0.3, 0.4) is 0 Å². The van der Waals surface area contributed by atoms with Crippen molar-refractivity contribution in [1.29, 1.82) is 0 Å². The van der Waals surface area contributed by atoms with E-state index in [2.05, 4.69) is 4.74 Å². The number of sulfone groups is 1. The van der Waals surface area contributed by atoms with Gasteiger partial charge in [0.15, 0.2) is 15.1 Å². The summed E-state index contributed by atoms with van der Waals surface area (Å²) in [6, 6.07) is 0. The van der Waals surface area contributed by atoms with Crippen molar-refractivity contribution in [3.05, 3.63) is 0 Å². The molecule has 1 unspecified atom stereocenters. The van der Waals surface area contributed by atoms with Gasteiger partial charge in [-0.2, -0.15) is 13.2 Å². The van der Waals surface area contributed by atoms with E-state index >= 15 is 0 Å². The van der Waals surface area contributed by atoms with Crippen LogP contribution in [0.2, 0.25) is 0 Å². The predicted octanol–water partition coefficient (Wildman–Crippen LogP) is 0.717. The van der Waals surface area contributed by atoms with Crippen LogP contribution in [0.4, 0.5) is 13.2 Å². The number of halogens is 3. The molecule has 0 saturated carbocycles. The molecule has 0 saturated heterocycles. The third-order valence-corrected chi connectivity index (χ3v) is 4.23. The van der Waals surface area contributed by atoms with Gasteiger partial charge in [-0.3, -0.25) is 0 Å². The first-order chi connectivity index (χ1) is 7.25. The van der Waals surface area contributed by atoms with Gasteiger partial charge >= 0.3 is 6.18 Å². The van der Waals surface area contributed by atoms with Crippen molar-refractivity contribution in [2.45, 2.75) is 24.3 Å². The van der Waals surface area contributed by atoms with E-state index in [4.69, 9.17) is 5.73 Å². The first kappa shape index (κ1) is 15.7. The lowest BCUT2D eigenvalue weighted by Crippen LogP contribution is -2.39. The lowest BCUT2D eigenvalue weighted by molar-refractivity contribution is -0.131. The molecule has 16 heavy (non-hydrogen) atoms. The zero-order valence-electron chi connectivity index (χ0n) is 8.96. The summed E-state index contributed by atoms with van der Waals surface area (Å²) in [6.07, 6.45) is -5.31. The van der Waals surface area contributed by atoms with Crippen molar-refractivity contribution < 1.29 is 26.3 Å². The van der Waals surface area contributed by atoms with Crippen molar-refractivity contribution in [3.63, 3.8) is 0 Å². The third-order valence-electron chi connectivity index (χ3n) is 2.00. The Morgan fingerprint density at radius 1 is 1.38 bits per heavy atom. The van der Waals surface area contributed by atoms with E-state index in [9.17, 15) is 21.6 Å². The number of hydrogen-bond donors (Lipinski definition) is 1. The normalized spacial score (nSPS) is 15.1. The van der Waals surface area contributed by atoms with Gasteiger partial charge in [0.1, 0.15) is 0 Å². The smallest absolute Gasteiger partial charge is 0.385 e. The summed E-state index contributed by atoms with van der Waals surface area (Å²) in [4.78, 5) is 0. The van der Waals surface area contributed by atoms with E-state index in [1.807, 2.05) is 0 Å². The van der Waals surface area contributed by atoms with E-state index in [-0.39, 0.29) is 19.6 Å². The Morgan fingerprint density at radius 3 is 2.31 bits per heavy atom. The second-order valence-corrected chi connectivity index (χ2v) is 5.62. The molecule has 0 rings (SSSR count). The summed E-state index contributed by atoms with van der Waals surface area (Å²) in [7, 11) is -2.84. The molecule has 0 aromatic rings. The standard InChI is InChI=1S/C8H16F3NO3S/c1-15-5-2-6-16(13,14)7(3-4-12)8(9,10)11/h7H,2-6,12H2,1H3. The fourth-order valence-electron chi connectivity index (χ4n) is 1.24. The van der Waals surface area contributed by atoms with Crippen molar-refractivity contribution in [3.8, 4) is 0 Å². The fraction of sp³-hybridized carbons (Fsp3) is 1.00. The molecule has 0 fully saturated rings. The van der Waals surface area contributed by atoms with Gasteiger partial charge < -0.3 is 10.5 Å². The van der Waals surface area contributed by atoms with Crippen LogP contribution in [0.5, 0.6) is 0 Å². The zero-order valence-corrected chi connectivity index (χ0v) is 9.77. The zero-order chi connectivity index (χ0) is 12.8. The molecular formula is C8H16F3NO3S. The first-order valence-corrected chi connectivity index (χ1v) is 6.44. The number of nitrogens with two attached hydrogens (primary N) is 1. The third kappa shape index (κ3) is 5.13. The van der Waals surface area contributed by atoms with Crippen LogP contribution in [0.15, 0.2) is 0 Å². The van der Waals surface area contributed by atoms with Gasteiger partial charge in [-0.05, 0) is 19.4 Å². The highest BCUT2D eigenvalue weighted by molar-refractivity contribution is 7.92. The minimum atomic E-state index is -4.76. The molecule has 0 amide bonds. The molecule has 1 atom stereocenters. The maximum Gasteiger partial charge on any atom is 0.405 e. The predicted molar refractivity (Wildman–Crippen MR) is 53.8 cm³/mol. The van der Waals surface area contributed by atoms with Crippen LogP contribution >= 0.6 is 0 Å². The molecule has 0 spiro atoms. The summed E-state index contributed by atoms with van der Waals surface area (Å²) in [6.45, 7) is -0.194. The van der Waals surface area contributed by atoms with Gasteiger partial charge in [-0.25, -0.2) is 8.42 Å². The van der Waals surface area contributed by atoms with Crippen molar-refractivity contribution >= 4 is 9.84 Å². The number of hydrogen-bond acceptors (Lipinski definition) is 4. The summed E-state index contributed by atoms with van der Waals surface area (Å²) < 4.78 is 64.8. The maximum atomic E-state index is 12.4. The molecule has 0 aliphatic carbocycles. The molecule has 8 heteroatoms. The SMILES string of the molecule is COCCCS(=O)(=O)C(CCN)C(F)(F)F. The average Bonchev–Trinajstić information content (AvgIpc) is 2.12. The van der Waals surface area contributed by atoms with Crippen LogP contribution in [0.25, 0.3) is 0 Å². The maximum absolute atomic E-state index is 12.4. The molecule has 98 valence electrons. The van der Waals surface area contributed by atoms with Crippen LogP contribution in [0, 0.1) is 0 Å². The lowest BCUT2D eigenvalue weighted by atomic mass is 10.3. The summed E-state index contributed by atoms with van der Waals surface area (Å²) >= 11 is 0. The molecule has 4 nitrogen and oxygen atoms in total. The Labute approximate surface area is 92.9 Å². The molecule has 2 N–H and O–H groups in total. The molecule has 0 radical (unpaired) electrons. The number of rotatable bonds is 7. The Kier molecular flexibility index (Phi) is 6.27. The first-order valence-electron chi connectivity index (χ1n) is 4.73. The highest BCUT2D eigenvalue weighted by Gasteiger charge is 2.47. The molecule has 0 aliphatic heterocycles. The monoisotopic (exact) mass is 263 g/mol. The molecule has 0 aromatic heterocycles. The molecular weight excluding hydrogens is 247 g/mol. The van der Waals surface area contributed by atoms with Gasteiger partial charge in [0.2, 0.25) is 0 Å². The van der Waals surface area contributed by atoms with Crippen LogP contribution in [-0.4, -0.2) is 45.9 Å². The Morgan fingerprint density at radius 2 is 1.94 bits per heavy atom. The number of ether oxygens (including phenoxy) is 1. The highest BCUT2D eigenvalue weighted by Crippen LogP contribution is 2.28. The van der Waals surface area contributed by atoms with Crippen LogP contribution in [0.1, 0.15) is 12.8 Å². The number of methoxy groups -OCH3 is 1. The molecule has 0 aliphatic rings. The summed E-state index contributed by atoms with van der Waals surface area (Å²) in [5.74, 6) is -0.537. The Hall–Kier alpha value is -0.340. The second-order valence-electron chi connectivity index (χ2n) is 3.32. The average molecular weight is 263 g/mol. The minimum Gasteiger partial charge on any atom is -0.385 e. The van der Waals surface area contributed by atoms with Crippen LogP contribution in [-0.2, 0) is 14.6 Å².